The Kier molecular flexibility index (Phi) is 5.33. The lowest BCUT2D eigenvalue weighted by molar-refractivity contribution is 0.584. The topological polar surface area (TPSA) is 62.3 Å². The second kappa shape index (κ2) is 6.64. The average Bonchev–Trinajstić information content (AvgIpc) is 2.87. The van der Waals surface area contributed by atoms with Gasteiger partial charge in [0, 0.05) is 41.4 Å². The summed E-state index contributed by atoms with van der Waals surface area (Å²) < 4.78 is 23.8. The van der Waals surface area contributed by atoms with Gasteiger partial charge in [-0.1, -0.05) is 6.92 Å². The van der Waals surface area contributed by atoms with Crippen LogP contribution in [-0.4, -0.2) is 49.6 Å². The Labute approximate surface area is 129 Å². The number of nitrogens with zero attached hydrogens (tertiary/aromatic N) is 2. The summed E-state index contributed by atoms with van der Waals surface area (Å²) >= 11 is 3.28. The summed E-state index contributed by atoms with van der Waals surface area (Å²) in [6, 6.07) is 0.252. The van der Waals surface area contributed by atoms with E-state index in [2.05, 4.69) is 24.1 Å². The Bertz CT molecular complexity index is 544. The molecular weight excluding hydrogens is 314 g/mol. The Hall–Kier alpha value is -0.310. The second-order valence-corrected chi connectivity index (χ2v) is 9.27. The van der Waals surface area contributed by atoms with Gasteiger partial charge in [-0.3, -0.25) is 0 Å². The SMILES string of the molecule is CCNC(C)c1cnc(N2CCSCC2S(C)(=O)=O)s1. The van der Waals surface area contributed by atoms with Crippen molar-refractivity contribution >= 4 is 38.1 Å². The molecule has 1 N–H and O–H groups in total. The predicted octanol–water partition coefficient (Wildman–Crippen LogP) is 1.74. The van der Waals surface area contributed by atoms with Crippen LogP contribution in [0.1, 0.15) is 24.8 Å². The van der Waals surface area contributed by atoms with Crippen molar-refractivity contribution < 1.29 is 8.42 Å². The lowest BCUT2D eigenvalue weighted by atomic mass is 10.3. The number of hydrogen-bond donors (Lipinski definition) is 1. The molecule has 114 valence electrons. The van der Waals surface area contributed by atoms with Crippen molar-refractivity contribution in [3.63, 3.8) is 0 Å². The molecule has 5 nitrogen and oxygen atoms in total. The number of aromatic nitrogens is 1. The molecule has 1 aliphatic rings. The monoisotopic (exact) mass is 335 g/mol. The molecule has 0 radical (unpaired) electrons. The van der Waals surface area contributed by atoms with Gasteiger partial charge in [-0.15, -0.1) is 11.3 Å². The van der Waals surface area contributed by atoms with Crippen LogP contribution >= 0.6 is 23.1 Å². The Balaban J connectivity index is 2.21. The minimum Gasteiger partial charge on any atom is -0.330 e. The Morgan fingerprint density at radius 2 is 2.35 bits per heavy atom. The van der Waals surface area contributed by atoms with Crippen LogP contribution in [0.5, 0.6) is 0 Å². The maximum atomic E-state index is 11.9. The van der Waals surface area contributed by atoms with E-state index >= 15 is 0 Å². The van der Waals surface area contributed by atoms with Crippen molar-refractivity contribution in [2.75, 3.05) is 35.8 Å². The summed E-state index contributed by atoms with van der Waals surface area (Å²) in [4.78, 5) is 7.53. The summed E-state index contributed by atoms with van der Waals surface area (Å²) in [7, 11) is -3.09. The van der Waals surface area contributed by atoms with E-state index in [-0.39, 0.29) is 6.04 Å². The highest BCUT2D eigenvalue weighted by Gasteiger charge is 2.32. The number of nitrogens with one attached hydrogen (secondary N) is 1. The van der Waals surface area contributed by atoms with E-state index in [1.54, 1.807) is 23.1 Å². The van der Waals surface area contributed by atoms with Crippen LogP contribution in [0.15, 0.2) is 6.20 Å². The molecule has 0 saturated carbocycles. The molecule has 1 saturated heterocycles. The van der Waals surface area contributed by atoms with Crippen LogP contribution < -0.4 is 10.2 Å². The number of thioether (sulfide) groups is 1. The summed E-state index contributed by atoms with van der Waals surface area (Å²) in [5.74, 6) is 1.57. The van der Waals surface area contributed by atoms with Crippen molar-refractivity contribution in [1.82, 2.24) is 10.3 Å². The number of sulfone groups is 1. The fraction of sp³-hybridized carbons (Fsp3) is 0.750. The average molecular weight is 336 g/mol. The highest BCUT2D eigenvalue weighted by Crippen LogP contribution is 2.32. The van der Waals surface area contributed by atoms with Gasteiger partial charge in [-0.25, -0.2) is 13.4 Å². The molecule has 1 fully saturated rings. The number of hydrogen-bond acceptors (Lipinski definition) is 7. The van der Waals surface area contributed by atoms with Crippen molar-refractivity contribution in [2.45, 2.75) is 25.3 Å². The first-order valence-corrected chi connectivity index (χ1v) is 10.6. The largest absolute Gasteiger partial charge is 0.330 e. The molecule has 1 aromatic heterocycles. The standard InChI is InChI=1S/C12H21N3O2S3/c1-4-13-9(2)10-7-14-12(19-10)15-5-6-18-8-11(15)20(3,16)17/h7,9,11,13H,4-6,8H2,1-3H3. The quantitative estimate of drug-likeness (QED) is 0.884. The van der Waals surface area contributed by atoms with Crippen LogP contribution in [0.2, 0.25) is 0 Å². The molecule has 0 spiro atoms. The van der Waals surface area contributed by atoms with Gasteiger partial charge >= 0.3 is 0 Å². The molecule has 20 heavy (non-hydrogen) atoms. The molecule has 0 aromatic carbocycles. The van der Waals surface area contributed by atoms with Gasteiger partial charge in [0.1, 0.15) is 5.37 Å². The van der Waals surface area contributed by atoms with Crippen molar-refractivity contribution in [3.05, 3.63) is 11.1 Å². The predicted molar refractivity (Wildman–Crippen MR) is 87.5 cm³/mol. The molecule has 2 atom stereocenters. The van der Waals surface area contributed by atoms with E-state index in [1.807, 2.05) is 11.1 Å². The summed E-state index contributed by atoms with van der Waals surface area (Å²) in [6.07, 6.45) is 3.17. The molecule has 2 rings (SSSR count). The van der Waals surface area contributed by atoms with Gasteiger partial charge in [0.25, 0.3) is 0 Å². The maximum absolute atomic E-state index is 11.9. The minimum absolute atomic E-state index is 0.252. The van der Waals surface area contributed by atoms with Crippen LogP contribution in [-0.2, 0) is 9.84 Å². The normalized spacial score (nSPS) is 21.9. The van der Waals surface area contributed by atoms with Crippen LogP contribution in [0.3, 0.4) is 0 Å². The molecule has 1 aromatic rings. The van der Waals surface area contributed by atoms with Crippen molar-refractivity contribution in [1.29, 1.82) is 0 Å². The van der Waals surface area contributed by atoms with Crippen LogP contribution in [0.4, 0.5) is 5.13 Å². The first-order chi connectivity index (χ1) is 9.43. The molecule has 8 heteroatoms. The van der Waals surface area contributed by atoms with E-state index in [0.717, 1.165) is 28.9 Å². The third kappa shape index (κ3) is 3.66. The molecule has 1 aliphatic heterocycles. The Morgan fingerprint density at radius 3 is 3.00 bits per heavy atom. The summed E-state index contributed by atoms with van der Waals surface area (Å²) in [6.45, 7) is 5.81. The second-order valence-electron chi connectivity index (χ2n) is 4.88. The third-order valence-corrected chi connectivity index (χ3v) is 7.13. The van der Waals surface area contributed by atoms with Gasteiger partial charge in [0.05, 0.1) is 0 Å². The fourth-order valence-corrected chi connectivity index (χ4v) is 6.07. The highest BCUT2D eigenvalue weighted by molar-refractivity contribution is 8.01. The zero-order valence-electron chi connectivity index (χ0n) is 12.0. The molecule has 0 bridgehead atoms. The lowest BCUT2D eigenvalue weighted by Gasteiger charge is -2.33. The van der Waals surface area contributed by atoms with Gasteiger partial charge < -0.3 is 10.2 Å². The van der Waals surface area contributed by atoms with Gasteiger partial charge in [0.2, 0.25) is 0 Å². The molecule has 2 unspecified atom stereocenters. The first-order valence-electron chi connectivity index (χ1n) is 6.66. The molecular formula is C12H21N3O2S3. The Morgan fingerprint density at radius 1 is 1.60 bits per heavy atom. The van der Waals surface area contributed by atoms with E-state index < -0.39 is 15.2 Å². The number of thiazole rings is 1. The zero-order valence-corrected chi connectivity index (χ0v) is 14.4. The smallest absolute Gasteiger partial charge is 0.186 e. The maximum Gasteiger partial charge on any atom is 0.186 e. The zero-order chi connectivity index (χ0) is 14.8. The van der Waals surface area contributed by atoms with Gasteiger partial charge in [-0.05, 0) is 13.5 Å². The van der Waals surface area contributed by atoms with Crippen molar-refractivity contribution in [2.24, 2.45) is 0 Å². The molecule has 2 heterocycles. The summed E-state index contributed by atoms with van der Waals surface area (Å²) in [5.41, 5.74) is 0. The van der Waals surface area contributed by atoms with E-state index in [1.165, 1.54) is 6.26 Å². The van der Waals surface area contributed by atoms with E-state index in [0.29, 0.717) is 5.75 Å². The van der Waals surface area contributed by atoms with E-state index in [4.69, 9.17) is 0 Å². The first kappa shape index (κ1) is 16.1. The minimum atomic E-state index is -3.09. The van der Waals surface area contributed by atoms with Gasteiger partial charge in [-0.2, -0.15) is 11.8 Å². The molecule has 0 amide bonds. The number of anilines is 1. The third-order valence-electron chi connectivity index (χ3n) is 3.27. The fourth-order valence-electron chi connectivity index (χ4n) is 2.17. The lowest BCUT2D eigenvalue weighted by Crippen LogP contribution is -2.47. The van der Waals surface area contributed by atoms with E-state index in [9.17, 15) is 8.42 Å². The van der Waals surface area contributed by atoms with Crippen molar-refractivity contribution in [3.8, 4) is 0 Å². The summed E-state index contributed by atoms with van der Waals surface area (Å²) in [5, 5.41) is 3.72. The van der Waals surface area contributed by atoms with Crippen LogP contribution in [0.25, 0.3) is 0 Å². The highest BCUT2D eigenvalue weighted by atomic mass is 32.2. The van der Waals surface area contributed by atoms with Crippen LogP contribution in [0, 0.1) is 0 Å². The number of rotatable bonds is 5. The van der Waals surface area contributed by atoms with Gasteiger partial charge in [0.15, 0.2) is 15.0 Å². The molecule has 0 aliphatic carbocycles.